The van der Waals surface area contributed by atoms with E-state index >= 15 is 0 Å². The van der Waals surface area contributed by atoms with Crippen LogP contribution in [-0.4, -0.2) is 16.8 Å². The number of aryl methyl sites for hydroxylation is 1. The fourth-order valence-electron chi connectivity index (χ4n) is 1.69. The number of nitrogens with zero attached hydrogens (tertiary/aromatic N) is 2. The Labute approximate surface area is 100 Å². The van der Waals surface area contributed by atoms with Crippen LogP contribution in [0.5, 0.6) is 0 Å². The quantitative estimate of drug-likeness (QED) is 0.883. The van der Waals surface area contributed by atoms with Crippen molar-refractivity contribution in [2.75, 3.05) is 7.05 Å². The minimum absolute atomic E-state index is 0.137. The molecule has 1 aromatic carbocycles. The summed E-state index contributed by atoms with van der Waals surface area (Å²) >= 11 is 0. The van der Waals surface area contributed by atoms with Crippen molar-refractivity contribution >= 4 is 0 Å². The molecule has 1 atom stereocenters. The monoisotopic (exact) mass is 233 g/mol. The van der Waals surface area contributed by atoms with Gasteiger partial charge in [0.25, 0.3) is 0 Å². The molecule has 2 rings (SSSR count). The third-order valence-corrected chi connectivity index (χ3v) is 2.87. The molecule has 0 spiro atoms. The highest BCUT2D eigenvalue weighted by molar-refractivity contribution is 5.37. The summed E-state index contributed by atoms with van der Waals surface area (Å²) in [4.78, 5) is 0. The fraction of sp³-hybridized carbons (Fsp3) is 0.308. The highest BCUT2D eigenvalue weighted by Crippen LogP contribution is 2.19. The van der Waals surface area contributed by atoms with Crippen molar-refractivity contribution in [1.29, 1.82) is 0 Å². The van der Waals surface area contributed by atoms with E-state index in [-0.39, 0.29) is 11.9 Å². The molecular weight excluding hydrogens is 217 g/mol. The van der Waals surface area contributed by atoms with E-state index < -0.39 is 0 Å². The van der Waals surface area contributed by atoms with Crippen LogP contribution in [0.25, 0.3) is 5.69 Å². The maximum absolute atomic E-state index is 14.0. The number of benzene rings is 1. The lowest BCUT2D eigenvalue weighted by Gasteiger charge is -2.12. The van der Waals surface area contributed by atoms with Crippen molar-refractivity contribution in [3.8, 4) is 5.69 Å². The summed E-state index contributed by atoms with van der Waals surface area (Å²) in [5, 5.41) is 7.28. The molecule has 0 aliphatic carbocycles. The summed E-state index contributed by atoms with van der Waals surface area (Å²) in [7, 11) is 1.85. The summed E-state index contributed by atoms with van der Waals surface area (Å²) in [6.07, 6.45) is 1.76. The van der Waals surface area contributed by atoms with Crippen LogP contribution in [0, 0.1) is 12.7 Å². The first-order valence-corrected chi connectivity index (χ1v) is 5.61. The van der Waals surface area contributed by atoms with Gasteiger partial charge in [-0.3, -0.25) is 0 Å². The Kier molecular flexibility index (Phi) is 3.24. The Hall–Kier alpha value is -1.68. The SMILES string of the molecule is CNC(C)c1ccc(-n2ccc(C)n2)c(F)c1. The van der Waals surface area contributed by atoms with Gasteiger partial charge < -0.3 is 5.32 Å². The Morgan fingerprint density at radius 1 is 1.35 bits per heavy atom. The Bertz CT molecular complexity index is 519. The molecular formula is C13H16FN3. The minimum atomic E-state index is -0.257. The number of aromatic nitrogens is 2. The Balaban J connectivity index is 2.38. The molecule has 0 bridgehead atoms. The van der Waals surface area contributed by atoms with Crippen LogP contribution in [0.3, 0.4) is 0 Å². The number of nitrogens with one attached hydrogen (secondary N) is 1. The maximum atomic E-state index is 14.0. The van der Waals surface area contributed by atoms with Crippen molar-refractivity contribution in [2.24, 2.45) is 0 Å². The zero-order valence-corrected chi connectivity index (χ0v) is 10.2. The van der Waals surface area contributed by atoms with Gasteiger partial charge in [0.2, 0.25) is 0 Å². The first kappa shape index (κ1) is 11.8. The Morgan fingerprint density at radius 2 is 2.12 bits per heavy atom. The van der Waals surface area contributed by atoms with Crippen molar-refractivity contribution in [3.63, 3.8) is 0 Å². The lowest BCUT2D eigenvalue weighted by molar-refractivity contribution is 0.595. The van der Waals surface area contributed by atoms with E-state index in [1.165, 1.54) is 0 Å². The second kappa shape index (κ2) is 4.67. The van der Waals surface area contributed by atoms with Gasteiger partial charge in [-0.25, -0.2) is 9.07 Å². The average molecular weight is 233 g/mol. The van der Waals surface area contributed by atoms with Gasteiger partial charge >= 0.3 is 0 Å². The molecule has 0 saturated carbocycles. The molecule has 0 amide bonds. The van der Waals surface area contributed by atoms with E-state index in [4.69, 9.17) is 0 Å². The van der Waals surface area contributed by atoms with Gasteiger partial charge in [0.05, 0.1) is 5.69 Å². The minimum Gasteiger partial charge on any atom is -0.313 e. The van der Waals surface area contributed by atoms with Crippen LogP contribution in [0.2, 0.25) is 0 Å². The van der Waals surface area contributed by atoms with Crippen molar-refractivity contribution in [3.05, 3.63) is 47.5 Å². The fourth-order valence-corrected chi connectivity index (χ4v) is 1.69. The topological polar surface area (TPSA) is 29.9 Å². The average Bonchev–Trinajstić information content (AvgIpc) is 2.74. The van der Waals surface area contributed by atoms with Crippen molar-refractivity contribution in [2.45, 2.75) is 19.9 Å². The Morgan fingerprint density at radius 3 is 2.65 bits per heavy atom. The van der Waals surface area contributed by atoms with E-state index in [0.717, 1.165) is 11.3 Å². The van der Waals surface area contributed by atoms with Crippen LogP contribution in [-0.2, 0) is 0 Å². The van der Waals surface area contributed by atoms with E-state index in [2.05, 4.69) is 10.4 Å². The molecule has 90 valence electrons. The summed E-state index contributed by atoms with van der Waals surface area (Å²) in [6, 6.07) is 7.21. The predicted molar refractivity (Wildman–Crippen MR) is 65.7 cm³/mol. The molecule has 0 aliphatic heterocycles. The second-order valence-electron chi connectivity index (χ2n) is 4.12. The molecule has 1 heterocycles. The van der Waals surface area contributed by atoms with E-state index in [1.54, 1.807) is 23.0 Å². The normalized spacial score (nSPS) is 12.7. The van der Waals surface area contributed by atoms with E-state index in [0.29, 0.717) is 5.69 Å². The molecule has 0 radical (unpaired) electrons. The van der Waals surface area contributed by atoms with E-state index in [9.17, 15) is 4.39 Å². The molecule has 4 heteroatoms. The van der Waals surface area contributed by atoms with Crippen LogP contribution in [0.1, 0.15) is 24.2 Å². The predicted octanol–water partition coefficient (Wildman–Crippen LogP) is 2.60. The van der Waals surface area contributed by atoms with Crippen LogP contribution < -0.4 is 5.32 Å². The summed E-state index contributed by atoms with van der Waals surface area (Å²) in [6.45, 7) is 3.87. The molecule has 0 aliphatic rings. The van der Waals surface area contributed by atoms with Crippen LogP contribution in [0.15, 0.2) is 30.5 Å². The lowest BCUT2D eigenvalue weighted by atomic mass is 10.1. The van der Waals surface area contributed by atoms with Crippen molar-refractivity contribution in [1.82, 2.24) is 15.1 Å². The van der Waals surface area contributed by atoms with Crippen LogP contribution in [0.4, 0.5) is 4.39 Å². The largest absolute Gasteiger partial charge is 0.313 e. The van der Waals surface area contributed by atoms with E-state index in [1.807, 2.05) is 33.0 Å². The highest BCUT2D eigenvalue weighted by atomic mass is 19.1. The molecule has 1 N–H and O–H groups in total. The van der Waals surface area contributed by atoms with Crippen molar-refractivity contribution < 1.29 is 4.39 Å². The molecule has 3 nitrogen and oxygen atoms in total. The summed E-state index contributed by atoms with van der Waals surface area (Å²) in [5.74, 6) is -0.257. The summed E-state index contributed by atoms with van der Waals surface area (Å²) < 4.78 is 15.5. The van der Waals surface area contributed by atoms with Crippen LogP contribution >= 0.6 is 0 Å². The molecule has 1 unspecified atom stereocenters. The van der Waals surface area contributed by atoms with Gasteiger partial charge in [-0.15, -0.1) is 0 Å². The molecule has 0 saturated heterocycles. The third kappa shape index (κ3) is 2.36. The van der Waals surface area contributed by atoms with Gasteiger partial charge in [0.15, 0.2) is 0 Å². The second-order valence-corrected chi connectivity index (χ2v) is 4.12. The molecule has 2 aromatic rings. The number of hydrogen-bond donors (Lipinski definition) is 1. The van der Waals surface area contributed by atoms with Gasteiger partial charge in [-0.05, 0) is 44.7 Å². The standard InChI is InChI=1S/C13H16FN3/c1-9-6-7-17(16-9)13-5-4-11(8-12(13)14)10(2)15-3/h4-8,10,15H,1-3H3. The zero-order valence-electron chi connectivity index (χ0n) is 10.2. The number of hydrogen-bond acceptors (Lipinski definition) is 2. The lowest BCUT2D eigenvalue weighted by Crippen LogP contribution is -2.13. The first-order valence-electron chi connectivity index (χ1n) is 5.61. The zero-order chi connectivity index (χ0) is 12.4. The molecule has 1 aromatic heterocycles. The first-order chi connectivity index (χ1) is 8.11. The smallest absolute Gasteiger partial charge is 0.149 e. The van der Waals surface area contributed by atoms with Gasteiger partial charge in [-0.2, -0.15) is 5.10 Å². The maximum Gasteiger partial charge on any atom is 0.149 e. The van der Waals surface area contributed by atoms with Gasteiger partial charge in [-0.1, -0.05) is 6.07 Å². The van der Waals surface area contributed by atoms with Gasteiger partial charge in [0, 0.05) is 12.2 Å². The number of halogens is 1. The number of rotatable bonds is 3. The third-order valence-electron chi connectivity index (χ3n) is 2.87. The summed E-state index contributed by atoms with van der Waals surface area (Å²) in [5.41, 5.74) is 2.28. The molecule has 0 fully saturated rings. The highest BCUT2D eigenvalue weighted by Gasteiger charge is 2.09. The van der Waals surface area contributed by atoms with Gasteiger partial charge in [0.1, 0.15) is 11.5 Å². The molecule has 17 heavy (non-hydrogen) atoms.